The lowest BCUT2D eigenvalue weighted by Gasteiger charge is -2.04. The second-order valence-corrected chi connectivity index (χ2v) is 5.59. The Bertz CT molecular complexity index is 607. The van der Waals surface area contributed by atoms with E-state index in [1.807, 2.05) is 13.8 Å². The largest absolute Gasteiger partial charge is 0.319 e. The number of rotatable bonds is 3. The SMILES string of the molecule is Cc1nc(C(C)C)sc1C(=O)Nc1ccccc1F. The Morgan fingerprint density at radius 3 is 2.63 bits per heavy atom. The first-order valence-corrected chi connectivity index (χ1v) is 6.84. The number of carbonyl (C=O) groups is 1. The van der Waals surface area contributed by atoms with Gasteiger partial charge in [0.05, 0.1) is 16.4 Å². The number of aromatic nitrogens is 1. The van der Waals surface area contributed by atoms with Gasteiger partial charge >= 0.3 is 0 Å². The molecule has 0 aliphatic rings. The summed E-state index contributed by atoms with van der Waals surface area (Å²) in [7, 11) is 0. The van der Waals surface area contributed by atoms with Gasteiger partial charge in [-0.15, -0.1) is 11.3 Å². The standard InChI is InChI=1S/C14H15FN2OS/c1-8(2)14-16-9(3)12(19-14)13(18)17-11-7-5-4-6-10(11)15/h4-8H,1-3H3,(H,17,18). The van der Waals surface area contributed by atoms with Gasteiger partial charge in [0, 0.05) is 5.92 Å². The van der Waals surface area contributed by atoms with Crippen LogP contribution < -0.4 is 5.32 Å². The second-order valence-electron chi connectivity index (χ2n) is 4.56. The van der Waals surface area contributed by atoms with E-state index in [9.17, 15) is 9.18 Å². The Labute approximate surface area is 115 Å². The summed E-state index contributed by atoms with van der Waals surface area (Å²) >= 11 is 1.36. The van der Waals surface area contributed by atoms with Crippen LogP contribution in [0.15, 0.2) is 24.3 Å². The quantitative estimate of drug-likeness (QED) is 0.923. The lowest BCUT2D eigenvalue weighted by Crippen LogP contribution is -2.12. The van der Waals surface area contributed by atoms with Gasteiger partial charge in [-0.3, -0.25) is 4.79 Å². The molecular weight excluding hydrogens is 263 g/mol. The van der Waals surface area contributed by atoms with E-state index >= 15 is 0 Å². The van der Waals surface area contributed by atoms with E-state index < -0.39 is 5.82 Å². The number of para-hydroxylation sites is 1. The molecule has 0 unspecified atom stereocenters. The van der Waals surface area contributed by atoms with Crippen molar-refractivity contribution in [1.82, 2.24) is 4.98 Å². The summed E-state index contributed by atoms with van der Waals surface area (Å²) in [6.45, 7) is 5.84. The first kappa shape index (κ1) is 13.7. The van der Waals surface area contributed by atoms with Crippen molar-refractivity contribution in [2.24, 2.45) is 0 Å². The first-order chi connectivity index (χ1) is 8.99. The molecule has 0 saturated carbocycles. The van der Waals surface area contributed by atoms with Crippen LogP contribution in [-0.4, -0.2) is 10.9 Å². The molecule has 1 aromatic heterocycles. The molecule has 3 nitrogen and oxygen atoms in total. The number of nitrogens with zero attached hydrogens (tertiary/aromatic N) is 1. The number of benzene rings is 1. The van der Waals surface area contributed by atoms with E-state index in [-0.39, 0.29) is 17.5 Å². The van der Waals surface area contributed by atoms with Crippen molar-refractivity contribution in [3.8, 4) is 0 Å². The fourth-order valence-corrected chi connectivity index (χ4v) is 2.58. The van der Waals surface area contributed by atoms with Crippen LogP contribution in [0.3, 0.4) is 0 Å². The zero-order chi connectivity index (χ0) is 14.0. The highest BCUT2D eigenvalue weighted by Crippen LogP contribution is 2.25. The lowest BCUT2D eigenvalue weighted by molar-refractivity contribution is 0.102. The predicted octanol–water partition coefficient (Wildman–Crippen LogP) is 3.97. The van der Waals surface area contributed by atoms with Gasteiger partial charge in [0.25, 0.3) is 5.91 Å². The summed E-state index contributed by atoms with van der Waals surface area (Å²) in [6, 6.07) is 6.11. The molecule has 1 amide bonds. The Balaban J connectivity index is 2.23. The van der Waals surface area contributed by atoms with Crippen LogP contribution in [0.5, 0.6) is 0 Å². The minimum Gasteiger partial charge on any atom is -0.319 e. The van der Waals surface area contributed by atoms with Crippen LogP contribution >= 0.6 is 11.3 Å². The number of nitrogens with one attached hydrogen (secondary N) is 1. The van der Waals surface area contributed by atoms with Crippen LogP contribution in [0, 0.1) is 12.7 Å². The third-order valence-corrected chi connectivity index (χ3v) is 4.09. The highest BCUT2D eigenvalue weighted by molar-refractivity contribution is 7.14. The number of hydrogen-bond donors (Lipinski definition) is 1. The monoisotopic (exact) mass is 278 g/mol. The lowest BCUT2D eigenvalue weighted by atomic mass is 10.2. The molecule has 1 N–H and O–H groups in total. The van der Waals surface area contributed by atoms with E-state index in [2.05, 4.69) is 10.3 Å². The van der Waals surface area contributed by atoms with E-state index in [1.165, 1.54) is 23.5 Å². The Hall–Kier alpha value is -1.75. The first-order valence-electron chi connectivity index (χ1n) is 6.02. The molecule has 0 saturated heterocycles. The van der Waals surface area contributed by atoms with Crippen molar-refractivity contribution < 1.29 is 9.18 Å². The van der Waals surface area contributed by atoms with Crippen molar-refractivity contribution in [3.63, 3.8) is 0 Å². The summed E-state index contributed by atoms with van der Waals surface area (Å²) in [5.41, 5.74) is 0.869. The molecule has 0 fully saturated rings. The molecule has 5 heteroatoms. The van der Waals surface area contributed by atoms with Crippen LogP contribution in [-0.2, 0) is 0 Å². The summed E-state index contributed by atoms with van der Waals surface area (Å²) < 4.78 is 13.5. The zero-order valence-electron chi connectivity index (χ0n) is 11.0. The number of aryl methyl sites for hydroxylation is 1. The molecule has 0 aliphatic carbocycles. The Morgan fingerprint density at radius 2 is 2.05 bits per heavy atom. The topological polar surface area (TPSA) is 42.0 Å². The van der Waals surface area contributed by atoms with Gasteiger partial charge in [0.2, 0.25) is 0 Å². The normalized spacial score (nSPS) is 10.8. The van der Waals surface area contributed by atoms with Crippen molar-refractivity contribution in [1.29, 1.82) is 0 Å². The van der Waals surface area contributed by atoms with Gasteiger partial charge in [-0.25, -0.2) is 9.37 Å². The third kappa shape index (κ3) is 2.98. The highest BCUT2D eigenvalue weighted by atomic mass is 32.1. The Kier molecular flexibility index (Phi) is 3.95. The molecule has 2 aromatic rings. The van der Waals surface area contributed by atoms with Gasteiger partial charge in [0.15, 0.2) is 0 Å². The molecule has 0 bridgehead atoms. The number of thiazole rings is 1. The molecular formula is C14H15FN2OS. The molecule has 2 rings (SSSR count). The predicted molar refractivity (Wildman–Crippen MR) is 75.3 cm³/mol. The molecule has 0 atom stereocenters. The number of hydrogen-bond acceptors (Lipinski definition) is 3. The minimum atomic E-state index is -0.442. The highest BCUT2D eigenvalue weighted by Gasteiger charge is 2.17. The average molecular weight is 278 g/mol. The molecule has 0 aliphatic heterocycles. The fourth-order valence-electron chi connectivity index (χ4n) is 1.62. The molecule has 0 spiro atoms. The van der Waals surface area contributed by atoms with Crippen molar-refractivity contribution in [2.75, 3.05) is 5.32 Å². The van der Waals surface area contributed by atoms with Crippen LogP contribution in [0.2, 0.25) is 0 Å². The van der Waals surface area contributed by atoms with Gasteiger partial charge < -0.3 is 5.32 Å². The number of amides is 1. The van der Waals surface area contributed by atoms with E-state index in [4.69, 9.17) is 0 Å². The van der Waals surface area contributed by atoms with Crippen LogP contribution in [0.25, 0.3) is 0 Å². The third-order valence-electron chi connectivity index (χ3n) is 2.64. The molecule has 0 radical (unpaired) electrons. The van der Waals surface area contributed by atoms with Gasteiger partial charge in [-0.1, -0.05) is 26.0 Å². The van der Waals surface area contributed by atoms with Crippen molar-refractivity contribution in [3.05, 3.63) is 45.7 Å². The van der Waals surface area contributed by atoms with Crippen molar-refractivity contribution >= 4 is 22.9 Å². The molecule has 19 heavy (non-hydrogen) atoms. The van der Waals surface area contributed by atoms with Gasteiger partial charge in [0.1, 0.15) is 10.7 Å². The Morgan fingerprint density at radius 1 is 1.37 bits per heavy atom. The van der Waals surface area contributed by atoms with Gasteiger partial charge in [-0.2, -0.15) is 0 Å². The molecule has 1 heterocycles. The maximum Gasteiger partial charge on any atom is 0.267 e. The molecule has 100 valence electrons. The van der Waals surface area contributed by atoms with Crippen LogP contribution in [0.4, 0.5) is 10.1 Å². The van der Waals surface area contributed by atoms with E-state index in [0.29, 0.717) is 10.6 Å². The van der Waals surface area contributed by atoms with E-state index in [1.54, 1.807) is 19.1 Å². The zero-order valence-corrected chi connectivity index (χ0v) is 11.8. The fraction of sp³-hybridized carbons (Fsp3) is 0.286. The molecule has 1 aromatic carbocycles. The summed E-state index contributed by atoms with van der Waals surface area (Å²) in [5.74, 6) is -0.479. The number of carbonyl (C=O) groups excluding carboxylic acids is 1. The van der Waals surface area contributed by atoms with Crippen LogP contribution in [0.1, 0.15) is 40.1 Å². The minimum absolute atomic E-state index is 0.186. The summed E-state index contributed by atoms with van der Waals surface area (Å²) in [5, 5.41) is 3.49. The number of halogens is 1. The summed E-state index contributed by atoms with van der Waals surface area (Å²) in [4.78, 5) is 17.0. The smallest absolute Gasteiger partial charge is 0.267 e. The maximum atomic E-state index is 13.5. The maximum absolute atomic E-state index is 13.5. The average Bonchev–Trinajstić information content (AvgIpc) is 2.74. The second kappa shape index (κ2) is 5.48. The van der Waals surface area contributed by atoms with Crippen molar-refractivity contribution in [2.45, 2.75) is 26.7 Å². The van der Waals surface area contributed by atoms with E-state index in [0.717, 1.165) is 5.01 Å². The summed E-state index contributed by atoms with van der Waals surface area (Å²) in [6.07, 6.45) is 0. The number of anilines is 1. The van der Waals surface area contributed by atoms with Gasteiger partial charge in [-0.05, 0) is 19.1 Å².